The summed E-state index contributed by atoms with van der Waals surface area (Å²) in [6, 6.07) is 15.9. The van der Waals surface area contributed by atoms with E-state index in [2.05, 4.69) is 29.0 Å². The van der Waals surface area contributed by atoms with E-state index in [4.69, 9.17) is 10.2 Å². The van der Waals surface area contributed by atoms with Crippen molar-refractivity contribution in [1.82, 2.24) is 4.90 Å². The fourth-order valence-corrected chi connectivity index (χ4v) is 4.35. The van der Waals surface area contributed by atoms with Crippen molar-refractivity contribution in [1.29, 1.82) is 0 Å². The standard InChI is InChI=1S/C29H25N3O4/c30-26-18-32(19-29(26)14-15-29)28(35)22-9-5-20(6-10-22)3-1-2-4-21-7-11-23(12-8-21)31-17-25-27(34)24(33)13-16-36-25/h5-13,16,26,31,34H,14-15,17-19,30H2/t26-/m1/s1. The van der Waals surface area contributed by atoms with Crippen LogP contribution in [-0.2, 0) is 6.54 Å². The molecule has 1 amide bonds. The van der Waals surface area contributed by atoms with Crippen LogP contribution in [0.5, 0.6) is 5.75 Å². The summed E-state index contributed by atoms with van der Waals surface area (Å²) in [5, 5.41) is 12.8. The van der Waals surface area contributed by atoms with E-state index < -0.39 is 11.2 Å². The molecule has 7 nitrogen and oxygen atoms in total. The molecular weight excluding hydrogens is 454 g/mol. The van der Waals surface area contributed by atoms with Crippen LogP contribution in [-0.4, -0.2) is 35.0 Å². The van der Waals surface area contributed by atoms with Crippen LogP contribution in [0.4, 0.5) is 5.69 Å². The van der Waals surface area contributed by atoms with Crippen molar-refractivity contribution < 1.29 is 14.3 Å². The lowest BCUT2D eigenvalue weighted by molar-refractivity contribution is 0.0784. The number of amides is 1. The minimum atomic E-state index is -0.479. The van der Waals surface area contributed by atoms with Crippen molar-refractivity contribution in [3.63, 3.8) is 0 Å². The van der Waals surface area contributed by atoms with Gasteiger partial charge in [-0.25, -0.2) is 0 Å². The van der Waals surface area contributed by atoms with Crippen LogP contribution >= 0.6 is 0 Å². The molecule has 180 valence electrons. The number of carbonyl (C=O) groups is 1. The Morgan fingerprint density at radius 3 is 2.31 bits per heavy atom. The number of anilines is 1. The van der Waals surface area contributed by atoms with Crippen LogP contribution in [0.25, 0.3) is 0 Å². The Bertz CT molecular complexity index is 1460. The largest absolute Gasteiger partial charge is 0.502 e. The molecule has 2 fully saturated rings. The van der Waals surface area contributed by atoms with Crippen LogP contribution in [0, 0.1) is 29.1 Å². The predicted molar refractivity (Wildman–Crippen MR) is 136 cm³/mol. The van der Waals surface area contributed by atoms with Gasteiger partial charge in [-0.1, -0.05) is 11.8 Å². The number of nitrogens with two attached hydrogens (primary N) is 1. The van der Waals surface area contributed by atoms with Crippen LogP contribution in [0.15, 0.2) is 70.1 Å². The summed E-state index contributed by atoms with van der Waals surface area (Å²) in [5.41, 5.74) is 8.92. The molecule has 7 heteroatoms. The van der Waals surface area contributed by atoms with Gasteiger partial charge in [0, 0.05) is 53.0 Å². The zero-order chi connectivity index (χ0) is 25.1. The van der Waals surface area contributed by atoms with Crippen molar-refractivity contribution >= 4 is 11.6 Å². The lowest BCUT2D eigenvalue weighted by atomic mass is 10.0. The third kappa shape index (κ3) is 4.98. The molecule has 1 spiro atoms. The molecule has 4 N–H and O–H groups in total. The Morgan fingerprint density at radius 1 is 1.06 bits per heavy atom. The number of benzene rings is 2. The Kier molecular flexibility index (Phi) is 6.25. The molecule has 36 heavy (non-hydrogen) atoms. The molecule has 1 atom stereocenters. The van der Waals surface area contributed by atoms with Crippen molar-refractivity contribution in [2.75, 3.05) is 18.4 Å². The molecule has 2 heterocycles. The van der Waals surface area contributed by atoms with Crippen LogP contribution in [0.1, 0.15) is 40.1 Å². The maximum absolute atomic E-state index is 12.8. The maximum Gasteiger partial charge on any atom is 0.253 e. The zero-order valence-corrected chi connectivity index (χ0v) is 19.6. The molecule has 1 aliphatic heterocycles. The minimum Gasteiger partial charge on any atom is -0.502 e. The van der Waals surface area contributed by atoms with Gasteiger partial charge >= 0.3 is 0 Å². The number of nitrogens with zero attached hydrogens (tertiary/aromatic N) is 1. The Labute approximate surface area is 208 Å². The Morgan fingerprint density at radius 2 is 1.69 bits per heavy atom. The van der Waals surface area contributed by atoms with Crippen molar-refractivity contribution in [3.8, 4) is 29.4 Å². The minimum absolute atomic E-state index is 0.0246. The van der Waals surface area contributed by atoms with Crippen molar-refractivity contribution in [2.24, 2.45) is 11.1 Å². The fourth-order valence-electron chi connectivity index (χ4n) is 4.35. The second-order valence-electron chi connectivity index (χ2n) is 9.22. The molecule has 3 aromatic rings. The topological polar surface area (TPSA) is 109 Å². The highest BCUT2D eigenvalue weighted by atomic mass is 16.4. The lowest BCUT2D eigenvalue weighted by Gasteiger charge is -2.16. The van der Waals surface area contributed by atoms with E-state index in [9.17, 15) is 14.7 Å². The Hall–Kier alpha value is -4.46. The summed E-state index contributed by atoms with van der Waals surface area (Å²) in [6.07, 6.45) is 3.49. The third-order valence-corrected chi connectivity index (χ3v) is 6.76. The molecule has 0 bridgehead atoms. The van der Waals surface area contributed by atoms with Gasteiger partial charge < -0.3 is 25.5 Å². The molecule has 1 saturated carbocycles. The van der Waals surface area contributed by atoms with E-state index in [-0.39, 0.29) is 29.7 Å². The molecule has 0 unspecified atom stereocenters. The molecule has 2 aliphatic rings. The predicted octanol–water partition coefficient (Wildman–Crippen LogP) is 2.92. The third-order valence-electron chi connectivity index (χ3n) is 6.76. The van der Waals surface area contributed by atoms with E-state index in [1.807, 2.05) is 41.3 Å². The van der Waals surface area contributed by atoms with Gasteiger partial charge in [-0.05, 0) is 73.2 Å². The molecule has 5 rings (SSSR count). The van der Waals surface area contributed by atoms with E-state index in [1.54, 1.807) is 12.1 Å². The van der Waals surface area contributed by atoms with Gasteiger partial charge in [0.25, 0.3) is 5.91 Å². The van der Waals surface area contributed by atoms with Crippen LogP contribution < -0.4 is 16.5 Å². The van der Waals surface area contributed by atoms with Crippen LogP contribution in [0.2, 0.25) is 0 Å². The summed E-state index contributed by atoms with van der Waals surface area (Å²) >= 11 is 0. The second kappa shape index (κ2) is 9.65. The zero-order valence-electron chi connectivity index (χ0n) is 19.6. The molecular formula is C29H25N3O4. The second-order valence-corrected chi connectivity index (χ2v) is 9.22. The van der Waals surface area contributed by atoms with E-state index in [0.717, 1.165) is 36.2 Å². The average Bonchev–Trinajstić information content (AvgIpc) is 3.61. The van der Waals surface area contributed by atoms with E-state index in [1.165, 1.54) is 12.3 Å². The highest BCUT2D eigenvalue weighted by Crippen LogP contribution is 2.52. The number of likely N-dealkylation sites (tertiary alicyclic amines) is 1. The van der Waals surface area contributed by atoms with Gasteiger partial charge in [0.1, 0.15) is 0 Å². The molecule has 2 aromatic carbocycles. The first-order chi connectivity index (χ1) is 17.4. The normalized spacial score (nSPS) is 17.0. The Balaban J connectivity index is 1.15. The van der Waals surface area contributed by atoms with Gasteiger partial charge in [0.05, 0.1) is 12.8 Å². The van der Waals surface area contributed by atoms with Gasteiger partial charge in [-0.3, -0.25) is 9.59 Å². The number of hydrogen-bond acceptors (Lipinski definition) is 6. The van der Waals surface area contributed by atoms with Crippen molar-refractivity contribution in [2.45, 2.75) is 25.4 Å². The first-order valence-electron chi connectivity index (χ1n) is 11.7. The first-order valence-corrected chi connectivity index (χ1v) is 11.7. The summed E-state index contributed by atoms with van der Waals surface area (Å²) in [5.74, 6) is 11.5. The summed E-state index contributed by atoms with van der Waals surface area (Å²) in [7, 11) is 0. The monoisotopic (exact) mass is 479 g/mol. The van der Waals surface area contributed by atoms with Gasteiger partial charge in [0.15, 0.2) is 5.76 Å². The molecule has 0 radical (unpaired) electrons. The molecule has 1 saturated heterocycles. The maximum atomic E-state index is 12.8. The number of carbonyl (C=O) groups excluding carboxylic acids is 1. The van der Waals surface area contributed by atoms with Gasteiger partial charge in [-0.15, -0.1) is 0 Å². The fraction of sp³-hybridized carbons (Fsp3) is 0.241. The number of hydrogen-bond donors (Lipinski definition) is 3. The highest BCUT2D eigenvalue weighted by Gasteiger charge is 2.54. The van der Waals surface area contributed by atoms with Gasteiger partial charge in [-0.2, -0.15) is 0 Å². The number of aromatic hydroxyl groups is 1. The van der Waals surface area contributed by atoms with Crippen LogP contribution in [0.3, 0.4) is 0 Å². The molecule has 1 aromatic heterocycles. The molecule has 1 aliphatic carbocycles. The number of rotatable bonds is 4. The van der Waals surface area contributed by atoms with Crippen molar-refractivity contribution in [3.05, 3.63) is 93.5 Å². The van der Waals surface area contributed by atoms with E-state index in [0.29, 0.717) is 12.1 Å². The smallest absolute Gasteiger partial charge is 0.253 e. The lowest BCUT2D eigenvalue weighted by Crippen LogP contribution is -2.32. The summed E-state index contributed by atoms with van der Waals surface area (Å²) in [6.45, 7) is 1.56. The average molecular weight is 480 g/mol. The van der Waals surface area contributed by atoms with Gasteiger partial charge in [0.2, 0.25) is 11.2 Å². The summed E-state index contributed by atoms with van der Waals surface area (Å²) in [4.78, 5) is 26.1. The SMILES string of the molecule is N[C@@H]1CN(C(=O)c2ccc(C#CC#Cc3ccc(NCc4occc(=O)c4O)cc3)cc2)CC12CC2. The quantitative estimate of drug-likeness (QED) is 0.497. The van der Waals surface area contributed by atoms with E-state index >= 15 is 0 Å². The first kappa shape index (κ1) is 23.3. The highest BCUT2D eigenvalue weighted by molar-refractivity contribution is 5.94. The number of nitrogens with one attached hydrogen (secondary N) is 1. The summed E-state index contributed by atoms with van der Waals surface area (Å²) < 4.78 is 5.17.